The average molecular weight is 254 g/mol. The maximum Gasteiger partial charge on any atom is 0.237 e. The average Bonchev–Trinajstić information content (AvgIpc) is 2.56. The molecule has 0 saturated heterocycles. The van der Waals surface area contributed by atoms with Crippen LogP contribution in [0.2, 0.25) is 0 Å². The molecule has 1 rings (SSSR count). The molecule has 0 saturated carbocycles. The normalized spacial score (nSPS) is 14.8. The first-order chi connectivity index (χ1) is 7.82. The first kappa shape index (κ1) is 14.2. The van der Waals surface area contributed by atoms with E-state index >= 15 is 0 Å². The lowest BCUT2D eigenvalue weighted by molar-refractivity contribution is -0.123. The highest BCUT2D eigenvalue weighted by atomic mass is 32.1. The zero-order valence-corrected chi connectivity index (χ0v) is 12.0. The number of hydrogen-bond donors (Lipinski definition) is 2. The summed E-state index contributed by atoms with van der Waals surface area (Å²) in [7, 11) is 0. The Kier molecular flexibility index (Phi) is 4.71. The molecule has 0 spiro atoms. The molecule has 0 aliphatic heterocycles. The van der Waals surface area contributed by atoms with Gasteiger partial charge in [0.15, 0.2) is 0 Å². The lowest BCUT2D eigenvalue weighted by Gasteiger charge is -2.19. The molecule has 17 heavy (non-hydrogen) atoms. The minimum atomic E-state index is -0.433. The van der Waals surface area contributed by atoms with Crippen molar-refractivity contribution in [2.24, 2.45) is 11.7 Å². The van der Waals surface area contributed by atoms with Gasteiger partial charge in [0.2, 0.25) is 5.91 Å². The summed E-state index contributed by atoms with van der Waals surface area (Å²) in [6, 6.07) is 1.72. The van der Waals surface area contributed by atoms with Crippen LogP contribution in [-0.2, 0) is 4.79 Å². The van der Waals surface area contributed by atoms with Crippen molar-refractivity contribution in [2.45, 2.75) is 46.7 Å². The minimum absolute atomic E-state index is 0.0252. The summed E-state index contributed by atoms with van der Waals surface area (Å²) < 4.78 is 0. The molecule has 0 fully saturated rings. The number of nitrogens with one attached hydrogen (secondary N) is 1. The molecule has 0 aliphatic carbocycles. The molecule has 0 radical (unpaired) electrons. The number of carbonyl (C=O) groups is 1. The van der Waals surface area contributed by atoms with Crippen LogP contribution in [-0.4, -0.2) is 11.9 Å². The molecule has 2 atom stereocenters. The molecular weight excluding hydrogens is 232 g/mol. The van der Waals surface area contributed by atoms with E-state index in [0.29, 0.717) is 0 Å². The van der Waals surface area contributed by atoms with Gasteiger partial charge in [-0.05, 0) is 38.3 Å². The van der Waals surface area contributed by atoms with Gasteiger partial charge in [-0.15, -0.1) is 11.3 Å². The lowest BCUT2D eigenvalue weighted by Crippen LogP contribution is -2.44. The van der Waals surface area contributed by atoms with Crippen LogP contribution in [0.5, 0.6) is 0 Å². The fourth-order valence-electron chi connectivity index (χ4n) is 1.77. The highest BCUT2D eigenvalue weighted by molar-refractivity contribution is 7.12. The van der Waals surface area contributed by atoms with Crippen molar-refractivity contribution < 1.29 is 4.79 Å². The zero-order valence-electron chi connectivity index (χ0n) is 11.2. The van der Waals surface area contributed by atoms with Gasteiger partial charge in [0.25, 0.3) is 0 Å². The number of thiophene rings is 1. The summed E-state index contributed by atoms with van der Waals surface area (Å²) in [4.78, 5) is 14.4. The van der Waals surface area contributed by atoms with Crippen LogP contribution in [0.25, 0.3) is 0 Å². The Morgan fingerprint density at radius 3 is 2.35 bits per heavy atom. The van der Waals surface area contributed by atoms with E-state index in [1.807, 2.05) is 20.8 Å². The number of amides is 1. The van der Waals surface area contributed by atoms with Crippen LogP contribution in [0.4, 0.5) is 0 Å². The van der Waals surface area contributed by atoms with Crippen LogP contribution < -0.4 is 11.1 Å². The number of carbonyl (C=O) groups excluding carboxylic acids is 1. The fraction of sp³-hybridized carbons (Fsp3) is 0.615. The largest absolute Gasteiger partial charge is 0.348 e. The number of nitrogens with two attached hydrogens (primary N) is 1. The Morgan fingerprint density at radius 1 is 1.35 bits per heavy atom. The van der Waals surface area contributed by atoms with Crippen molar-refractivity contribution in [1.29, 1.82) is 0 Å². The van der Waals surface area contributed by atoms with E-state index in [9.17, 15) is 4.79 Å². The van der Waals surface area contributed by atoms with Crippen molar-refractivity contribution in [2.75, 3.05) is 0 Å². The Labute approximate surface area is 107 Å². The Bertz CT molecular complexity index is 398. The van der Waals surface area contributed by atoms with E-state index in [-0.39, 0.29) is 17.9 Å². The van der Waals surface area contributed by atoms with E-state index in [1.165, 1.54) is 15.3 Å². The molecular formula is C13H22N2OS. The molecule has 4 heteroatoms. The fourth-order valence-corrected chi connectivity index (χ4v) is 2.79. The Morgan fingerprint density at radius 2 is 1.94 bits per heavy atom. The highest BCUT2D eigenvalue weighted by Crippen LogP contribution is 2.26. The first-order valence-corrected chi connectivity index (χ1v) is 6.77. The molecule has 1 amide bonds. The van der Waals surface area contributed by atoms with Crippen LogP contribution in [0.15, 0.2) is 6.07 Å². The smallest absolute Gasteiger partial charge is 0.237 e. The van der Waals surface area contributed by atoms with Crippen LogP contribution in [0, 0.1) is 19.8 Å². The highest BCUT2D eigenvalue weighted by Gasteiger charge is 2.20. The van der Waals surface area contributed by atoms with Crippen LogP contribution in [0.1, 0.15) is 42.1 Å². The summed E-state index contributed by atoms with van der Waals surface area (Å²) in [5, 5.41) is 2.97. The standard InChI is InChI=1S/C13H22N2OS/c1-7(2)12(14)13(16)15-9(4)11-6-8(3)17-10(11)5/h6-7,9,12H,14H2,1-5H3,(H,15,16). The summed E-state index contributed by atoms with van der Waals surface area (Å²) in [6.45, 7) is 10.1. The number of rotatable bonds is 4. The van der Waals surface area contributed by atoms with E-state index in [2.05, 4.69) is 25.2 Å². The summed E-state index contributed by atoms with van der Waals surface area (Å²) in [5.74, 6) is 0.0864. The third-order valence-corrected chi connectivity index (χ3v) is 3.91. The van der Waals surface area contributed by atoms with E-state index < -0.39 is 6.04 Å². The molecule has 0 aliphatic rings. The van der Waals surface area contributed by atoms with Gasteiger partial charge in [0.05, 0.1) is 12.1 Å². The summed E-state index contributed by atoms with van der Waals surface area (Å²) in [6.07, 6.45) is 0. The van der Waals surface area contributed by atoms with Crippen molar-refractivity contribution >= 4 is 17.2 Å². The second-order valence-electron chi connectivity index (χ2n) is 4.87. The Hall–Kier alpha value is -0.870. The van der Waals surface area contributed by atoms with Gasteiger partial charge in [-0.3, -0.25) is 4.79 Å². The van der Waals surface area contributed by atoms with E-state index in [1.54, 1.807) is 11.3 Å². The third-order valence-electron chi connectivity index (χ3n) is 2.93. The Balaban J connectivity index is 2.70. The topological polar surface area (TPSA) is 55.1 Å². The molecule has 2 unspecified atom stereocenters. The van der Waals surface area contributed by atoms with Crippen molar-refractivity contribution in [1.82, 2.24) is 5.32 Å². The number of hydrogen-bond acceptors (Lipinski definition) is 3. The van der Waals surface area contributed by atoms with E-state index in [0.717, 1.165) is 0 Å². The van der Waals surface area contributed by atoms with Crippen LogP contribution >= 0.6 is 11.3 Å². The van der Waals surface area contributed by atoms with Gasteiger partial charge in [-0.2, -0.15) is 0 Å². The van der Waals surface area contributed by atoms with Gasteiger partial charge in [0.1, 0.15) is 0 Å². The third kappa shape index (κ3) is 3.54. The first-order valence-electron chi connectivity index (χ1n) is 5.95. The predicted molar refractivity (Wildman–Crippen MR) is 73.2 cm³/mol. The van der Waals surface area contributed by atoms with Crippen molar-refractivity contribution in [3.8, 4) is 0 Å². The number of aryl methyl sites for hydroxylation is 2. The van der Waals surface area contributed by atoms with Gasteiger partial charge >= 0.3 is 0 Å². The molecule has 0 bridgehead atoms. The maximum atomic E-state index is 11.9. The zero-order chi connectivity index (χ0) is 13.2. The summed E-state index contributed by atoms with van der Waals surface area (Å²) in [5.41, 5.74) is 7.01. The molecule has 1 heterocycles. The molecule has 96 valence electrons. The molecule has 1 aromatic heterocycles. The maximum absolute atomic E-state index is 11.9. The molecule has 3 N–H and O–H groups in total. The predicted octanol–water partition coefficient (Wildman–Crippen LogP) is 2.53. The van der Waals surface area contributed by atoms with Gasteiger partial charge in [-0.25, -0.2) is 0 Å². The SMILES string of the molecule is Cc1cc(C(C)NC(=O)C(N)C(C)C)c(C)s1. The molecule has 0 aromatic carbocycles. The van der Waals surface area contributed by atoms with Crippen LogP contribution in [0.3, 0.4) is 0 Å². The molecule has 3 nitrogen and oxygen atoms in total. The van der Waals surface area contributed by atoms with Gasteiger partial charge in [-0.1, -0.05) is 13.8 Å². The summed E-state index contributed by atoms with van der Waals surface area (Å²) >= 11 is 1.76. The second-order valence-corrected chi connectivity index (χ2v) is 6.33. The monoisotopic (exact) mass is 254 g/mol. The quantitative estimate of drug-likeness (QED) is 0.867. The van der Waals surface area contributed by atoms with Gasteiger partial charge in [0, 0.05) is 9.75 Å². The molecule has 1 aromatic rings. The lowest BCUT2D eigenvalue weighted by atomic mass is 10.0. The van der Waals surface area contributed by atoms with Crippen molar-refractivity contribution in [3.63, 3.8) is 0 Å². The minimum Gasteiger partial charge on any atom is -0.348 e. The second kappa shape index (κ2) is 5.65. The van der Waals surface area contributed by atoms with Crippen molar-refractivity contribution in [3.05, 3.63) is 21.4 Å². The van der Waals surface area contributed by atoms with Gasteiger partial charge < -0.3 is 11.1 Å². The van der Waals surface area contributed by atoms with E-state index in [4.69, 9.17) is 5.73 Å².